The van der Waals surface area contributed by atoms with Crippen LogP contribution < -0.4 is 5.32 Å². The molecule has 0 unspecified atom stereocenters. The normalized spacial score (nSPS) is 17.0. The summed E-state index contributed by atoms with van der Waals surface area (Å²) in [5, 5.41) is 2.78. The lowest BCUT2D eigenvalue weighted by atomic mass is 9.88. The highest BCUT2D eigenvalue weighted by Gasteiger charge is 2.49. The quantitative estimate of drug-likeness (QED) is 0.694. The fourth-order valence-corrected chi connectivity index (χ4v) is 3.93. The van der Waals surface area contributed by atoms with Gasteiger partial charge in [-0.05, 0) is 30.5 Å². The highest BCUT2D eigenvalue weighted by molar-refractivity contribution is 7.91. The molecule has 1 N–H and O–H groups in total. The molecule has 2 rings (SSSR count). The van der Waals surface area contributed by atoms with Crippen LogP contribution in [0.25, 0.3) is 0 Å². The van der Waals surface area contributed by atoms with Gasteiger partial charge in [0.1, 0.15) is 5.54 Å². The lowest BCUT2D eigenvalue weighted by Gasteiger charge is -2.25. The van der Waals surface area contributed by atoms with E-state index in [0.717, 1.165) is 29.9 Å². The summed E-state index contributed by atoms with van der Waals surface area (Å²) in [5.41, 5.74) is -0.426. The van der Waals surface area contributed by atoms with Crippen LogP contribution in [0.5, 0.6) is 0 Å². The molecule has 0 radical (unpaired) electrons. The molecule has 3 amide bonds. The summed E-state index contributed by atoms with van der Waals surface area (Å²) in [4.78, 5) is 25.6. The van der Waals surface area contributed by atoms with Crippen molar-refractivity contribution in [1.82, 2.24) is 10.2 Å². The van der Waals surface area contributed by atoms with Crippen LogP contribution in [-0.2, 0) is 21.2 Å². The molecule has 0 saturated carbocycles. The summed E-state index contributed by atoms with van der Waals surface area (Å²) in [6.45, 7) is 3.82. The Hall–Kier alpha value is -2.03. The standard InChI is InChI=1S/C17H22F2N2O4S/c1-3-9-17(10-4-2)14(22)21(16(23)20-17)11-12-5-7-13(8-6-12)26(24,25)15(18)19/h5-8,15H,3-4,9-11H2,1-2H3,(H,20,23). The molecule has 0 spiro atoms. The minimum absolute atomic E-state index is 0.0468. The van der Waals surface area contributed by atoms with E-state index in [-0.39, 0.29) is 12.5 Å². The first kappa shape index (κ1) is 20.3. The molecule has 0 bridgehead atoms. The zero-order chi connectivity index (χ0) is 19.5. The van der Waals surface area contributed by atoms with Crippen molar-refractivity contribution in [3.05, 3.63) is 29.8 Å². The van der Waals surface area contributed by atoms with E-state index >= 15 is 0 Å². The van der Waals surface area contributed by atoms with Gasteiger partial charge in [-0.2, -0.15) is 8.78 Å². The molecule has 6 nitrogen and oxygen atoms in total. The lowest BCUT2D eigenvalue weighted by molar-refractivity contribution is -0.132. The Morgan fingerprint density at radius 3 is 2.08 bits per heavy atom. The number of imide groups is 1. The summed E-state index contributed by atoms with van der Waals surface area (Å²) in [5.74, 6) is -3.81. The Labute approximate surface area is 151 Å². The van der Waals surface area contributed by atoms with E-state index in [4.69, 9.17) is 0 Å². The van der Waals surface area contributed by atoms with Gasteiger partial charge in [-0.15, -0.1) is 0 Å². The van der Waals surface area contributed by atoms with Crippen molar-refractivity contribution in [2.75, 3.05) is 0 Å². The average Bonchev–Trinajstić information content (AvgIpc) is 2.80. The number of nitrogens with one attached hydrogen (secondary N) is 1. The van der Waals surface area contributed by atoms with Crippen molar-refractivity contribution >= 4 is 21.8 Å². The number of carbonyl (C=O) groups is 2. The molecule has 1 aromatic carbocycles. The Bertz CT molecular complexity index is 772. The van der Waals surface area contributed by atoms with Crippen LogP contribution in [0.15, 0.2) is 29.2 Å². The van der Waals surface area contributed by atoms with Gasteiger partial charge in [0.2, 0.25) is 9.84 Å². The minimum atomic E-state index is -4.67. The van der Waals surface area contributed by atoms with E-state index in [1.54, 1.807) is 0 Å². The SMILES string of the molecule is CCCC1(CCC)NC(=O)N(Cc2ccc(S(=O)(=O)C(F)F)cc2)C1=O. The number of sulfone groups is 1. The molecular formula is C17H22F2N2O4S. The van der Waals surface area contributed by atoms with Crippen LogP contribution in [0.4, 0.5) is 13.6 Å². The van der Waals surface area contributed by atoms with E-state index in [2.05, 4.69) is 5.32 Å². The van der Waals surface area contributed by atoms with E-state index in [9.17, 15) is 26.8 Å². The van der Waals surface area contributed by atoms with Crippen molar-refractivity contribution in [3.63, 3.8) is 0 Å². The van der Waals surface area contributed by atoms with E-state index < -0.39 is 32.1 Å². The molecule has 0 atom stereocenters. The second kappa shape index (κ2) is 7.69. The predicted molar refractivity (Wildman–Crippen MR) is 91.3 cm³/mol. The Kier molecular flexibility index (Phi) is 6.00. The number of carbonyl (C=O) groups excluding carboxylic acids is 2. The monoisotopic (exact) mass is 388 g/mol. The molecule has 1 fully saturated rings. The first-order chi connectivity index (χ1) is 12.2. The fraction of sp³-hybridized carbons (Fsp3) is 0.529. The number of amides is 3. The Morgan fingerprint density at radius 1 is 1.08 bits per heavy atom. The lowest BCUT2D eigenvalue weighted by Crippen LogP contribution is -2.46. The summed E-state index contributed by atoms with van der Waals surface area (Å²) >= 11 is 0. The first-order valence-corrected chi connectivity index (χ1v) is 9.97. The maximum atomic E-state index is 12.8. The molecule has 0 aromatic heterocycles. The molecule has 1 saturated heterocycles. The van der Waals surface area contributed by atoms with Gasteiger partial charge >= 0.3 is 11.8 Å². The molecule has 1 aromatic rings. The van der Waals surface area contributed by atoms with Crippen molar-refractivity contribution in [2.45, 2.75) is 62.3 Å². The molecule has 1 aliphatic heterocycles. The molecule has 26 heavy (non-hydrogen) atoms. The highest BCUT2D eigenvalue weighted by Crippen LogP contribution is 2.29. The number of alkyl halides is 2. The second-order valence-corrected chi connectivity index (χ2v) is 8.27. The van der Waals surface area contributed by atoms with Crippen LogP contribution in [0.2, 0.25) is 0 Å². The summed E-state index contributed by atoms with van der Waals surface area (Å²) in [6.07, 6.45) is 2.54. The second-order valence-electron chi connectivity index (χ2n) is 6.35. The number of halogens is 2. The van der Waals surface area contributed by atoms with Crippen molar-refractivity contribution in [1.29, 1.82) is 0 Å². The van der Waals surface area contributed by atoms with Crippen LogP contribution >= 0.6 is 0 Å². The third-order valence-electron chi connectivity index (χ3n) is 4.43. The van der Waals surface area contributed by atoms with Gasteiger partial charge in [-0.3, -0.25) is 9.69 Å². The summed E-state index contributed by atoms with van der Waals surface area (Å²) < 4.78 is 48.0. The summed E-state index contributed by atoms with van der Waals surface area (Å²) in [6, 6.07) is 4.27. The summed E-state index contributed by atoms with van der Waals surface area (Å²) in [7, 11) is -4.67. The first-order valence-electron chi connectivity index (χ1n) is 8.43. The zero-order valence-corrected chi connectivity index (χ0v) is 15.5. The van der Waals surface area contributed by atoms with E-state index in [1.807, 2.05) is 13.8 Å². The van der Waals surface area contributed by atoms with Crippen LogP contribution in [0.3, 0.4) is 0 Å². The van der Waals surface area contributed by atoms with Gasteiger partial charge in [0.05, 0.1) is 11.4 Å². The molecular weight excluding hydrogens is 366 g/mol. The van der Waals surface area contributed by atoms with Gasteiger partial charge in [0.15, 0.2) is 0 Å². The van der Waals surface area contributed by atoms with Crippen molar-refractivity contribution in [2.24, 2.45) is 0 Å². The van der Waals surface area contributed by atoms with Crippen molar-refractivity contribution in [3.8, 4) is 0 Å². The number of nitrogens with zero attached hydrogens (tertiary/aromatic N) is 1. The predicted octanol–water partition coefficient (Wildman–Crippen LogP) is 3.07. The largest absolute Gasteiger partial charge is 0.341 e. The number of hydrogen-bond acceptors (Lipinski definition) is 4. The molecule has 0 aliphatic carbocycles. The average molecular weight is 388 g/mol. The number of benzene rings is 1. The van der Waals surface area contributed by atoms with Crippen LogP contribution in [-0.4, -0.2) is 36.6 Å². The highest BCUT2D eigenvalue weighted by atomic mass is 32.2. The maximum Gasteiger partial charge on any atom is 0.341 e. The molecule has 144 valence electrons. The Balaban J connectivity index is 2.21. The molecule has 1 heterocycles. The molecule has 1 aliphatic rings. The van der Waals surface area contributed by atoms with Gasteiger partial charge in [0.25, 0.3) is 5.91 Å². The number of hydrogen-bond donors (Lipinski definition) is 1. The van der Waals surface area contributed by atoms with Gasteiger partial charge in [-0.1, -0.05) is 38.8 Å². The van der Waals surface area contributed by atoms with E-state index in [0.29, 0.717) is 18.4 Å². The maximum absolute atomic E-state index is 12.8. The smallest absolute Gasteiger partial charge is 0.323 e. The van der Waals surface area contributed by atoms with Crippen molar-refractivity contribution < 1.29 is 26.8 Å². The molecule has 9 heteroatoms. The zero-order valence-electron chi connectivity index (χ0n) is 14.7. The minimum Gasteiger partial charge on any atom is -0.323 e. The number of urea groups is 1. The van der Waals surface area contributed by atoms with Gasteiger partial charge in [-0.25, -0.2) is 13.2 Å². The van der Waals surface area contributed by atoms with Gasteiger partial charge in [0, 0.05) is 0 Å². The van der Waals surface area contributed by atoms with Crippen LogP contribution in [0.1, 0.15) is 45.1 Å². The topological polar surface area (TPSA) is 83.6 Å². The number of rotatable bonds is 8. The van der Waals surface area contributed by atoms with E-state index in [1.165, 1.54) is 12.1 Å². The van der Waals surface area contributed by atoms with Gasteiger partial charge < -0.3 is 5.32 Å². The Morgan fingerprint density at radius 2 is 1.62 bits per heavy atom. The third-order valence-corrected chi connectivity index (χ3v) is 5.82. The fourth-order valence-electron chi connectivity index (χ4n) is 3.21. The third kappa shape index (κ3) is 3.72. The van der Waals surface area contributed by atoms with Crippen LogP contribution in [0, 0.1) is 0 Å².